The molecule has 0 saturated heterocycles. The first kappa shape index (κ1) is 13.0. The molecular weight excluding hydrogens is 262 g/mol. The maximum absolute atomic E-state index is 6.19. The van der Waals surface area contributed by atoms with Crippen LogP contribution >= 0.6 is 0 Å². The molecule has 1 aromatic carbocycles. The highest BCUT2D eigenvalue weighted by molar-refractivity contribution is 5.84. The fraction of sp³-hybridized carbons (Fsp3) is 0.588. The zero-order valence-corrected chi connectivity index (χ0v) is 12.6. The van der Waals surface area contributed by atoms with E-state index in [0.29, 0.717) is 12.6 Å². The minimum Gasteiger partial charge on any atom is -0.492 e. The smallest absolute Gasteiger partial charge is 0.201 e. The summed E-state index contributed by atoms with van der Waals surface area (Å²) in [5.41, 5.74) is 8.21. The van der Waals surface area contributed by atoms with Gasteiger partial charge >= 0.3 is 0 Å². The number of nitrogens with two attached hydrogens (primary N) is 1. The Labute approximate surface area is 125 Å². The molecule has 4 heteroatoms. The monoisotopic (exact) mass is 285 g/mol. The number of fused-ring (bicyclic) bond motifs is 3. The molecule has 2 aliphatic carbocycles. The highest BCUT2D eigenvalue weighted by Crippen LogP contribution is 2.49. The third-order valence-electron chi connectivity index (χ3n) is 5.37. The average molecular weight is 285 g/mol. The molecular formula is C17H23N3O. The van der Waals surface area contributed by atoms with Crippen LogP contribution in [0.2, 0.25) is 0 Å². The molecule has 4 rings (SSSR count). The first-order valence-electron chi connectivity index (χ1n) is 8.13. The molecule has 0 spiro atoms. The van der Waals surface area contributed by atoms with Crippen LogP contribution in [-0.4, -0.2) is 16.2 Å². The van der Waals surface area contributed by atoms with E-state index in [2.05, 4.69) is 15.6 Å². The molecule has 2 aliphatic rings. The Morgan fingerprint density at radius 3 is 2.95 bits per heavy atom. The van der Waals surface area contributed by atoms with E-state index in [9.17, 15) is 0 Å². The average Bonchev–Trinajstić information content (AvgIpc) is 3.16. The van der Waals surface area contributed by atoms with Crippen LogP contribution in [0.4, 0.5) is 5.95 Å². The summed E-state index contributed by atoms with van der Waals surface area (Å²) in [5, 5.41) is 0. The maximum Gasteiger partial charge on any atom is 0.201 e. The topological polar surface area (TPSA) is 53.1 Å². The number of rotatable bonds is 4. The van der Waals surface area contributed by atoms with Crippen molar-refractivity contribution >= 4 is 17.0 Å². The summed E-state index contributed by atoms with van der Waals surface area (Å²) in [6, 6.07) is 6.11. The lowest BCUT2D eigenvalue weighted by Gasteiger charge is -2.22. The minimum atomic E-state index is 0.625. The quantitative estimate of drug-likeness (QED) is 0.936. The lowest BCUT2D eigenvalue weighted by Crippen LogP contribution is -2.18. The van der Waals surface area contributed by atoms with Crippen molar-refractivity contribution in [3.63, 3.8) is 0 Å². The van der Waals surface area contributed by atoms with E-state index in [1.807, 2.05) is 19.1 Å². The van der Waals surface area contributed by atoms with Crippen molar-refractivity contribution in [1.82, 2.24) is 9.55 Å². The van der Waals surface area contributed by atoms with Crippen molar-refractivity contribution in [1.29, 1.82) is 0 Å². The standard InChI is InChI=1S/C17H23N3O/c1-2-21-15-5-3-4-14-16(15)19-17(18)20(14)10-13-9-11-6-7-12(13)8-11/h3-5,11-13H,2,6-10H2,1H3,(H2,18,19). The lowest BCUT2D eigenvalue weighted by molar-refractivity contribution is 0.300. The summed E-state index contributed by atoms with van der Waals surface area (Å²) in [7, 11) is 0. The predicted molar refractivity (Wildman–Crippen MR) is 84.3 cm³/mol. The summed E-state index contributed by atoms with van der Waals surface area (Å²) in [4.78, 5) is 4.55. The minimum absolute atomic E-state index is 0.625. The molecule has 2 N–H and O–H groups in total. The van der Waals surface area contributed by atoms with Crippen LogP contribution in [0.25, 0.3) is 11.0 Å². The van der Waals surface area contributed by atoms with Gasteiger partial charge in [-0.25, -0.2) is 4.98 Å². The maximum atomic E-state index is 6.19. The van der Waals surface area contributed by atoms with Crippen LogP contribution in [0.15, 0.2) is 18.2 Å². The number of anilines is 1. The SMILES string of the molecule is CCOc1cccc2c1nc(N)n2CC1CC2CCC1C2. The van der Waals surface area contributed by atoms with E-state index in [1.165, 1.54) is 25.7 Å². The number of imidazole rings is 1. The predicted octanol–water partition coefficient (Wildman–Crippen LogP) is 3.45. The number of benzene rings is 1. The molecule has 2 saturated carbocycles. The third kappa shape index (κ3) is 2.08. The first-order valence-corrected chi connectivity index (χ1v) is 8.13. The Morgan fingerprint density at radius 1 is 1.33 bits per heavy atom. The lowest BCUT2D eigenvalue weighted by atomic mass is 9.89. The molecule has 3 atom stereocenters. The zero-order valence-electron chi connectivity index (χ0n) is 12.6. The Bertz CT molecular complexity index is 663. The molecule has 112 valence electrons. The van der Waals surface area contributed by atoms with Crippen LogP contribution < -0.4 is 10.5 Å². The molecule has 1 aromatic heterocycles. The number of nitrogens with zero attached hydrogens (tertiary/aromatic N) is 2. The van der Waals surface area contributed by atoms with Gasteiger partial charge in [-0.3, -0.25) is 0 Å². The van der Waals surface area contributed by atoms with E-state index in [1.54, 1.807) is 0 Å². The molecule has 0 amide bonds. The van der Waals surface area contributed by atoms with Gasteiger partial charge in [-0.05, 0) is 56.1 Å². The van der Waals surface area contributed by atoms with Crippen LogP contribution in [-0.2, 0) is 6.54 Å². The summed E-state index contributed by atoms with van der Waals surface area (Å²) in [6.07, 6.45) is 5.65. The van der Waals surface area contributed by atoms with Crippen molar-refractivity contribution < 1.29 is 4.74 Å². The van der Waals surface area contributed by atoms with E-state index >= 15 is 0 Å². The van der Waals surface area contributed by atoms with Gasteiger partial charge in [-0.1, -0.05) is 12.5 Å². The summed E-state index contributed by atoms with van der Waals surface area (Å²) in [6.45, 7) is 3.66. The van der Waals surface area contributed by atoms with Gasteiger partial charge in [0, 0.05) is 6.54 Å². The van der Waals surface area contributed by atoms with Crippen LogP contribution in [0.5, 0.6) is 5.75 Å². The van der Waals surface area contributed by atoms with E-state index < -0.39 is 0 Å². The highest BCUT2D eigenvalue weighted by atomic mass is 16.5. The second-order valence-electron chi connectivity index (χ2n) is 6.57. The Morgan fingerprint density at radius 2 is 2.24 bits per heavy atom. The molecule has 4 nitrogen and oxygen atoms in total. The largest absolute Gasteiger partial charge is 0.492 e. The number of hydrogen-bond donors (Lipinski definition) is 1. The molecule has 2 bridgehead atoms. The number of para-hydroxylation sites is 1. The van der Waals surface area contributed by atoms with Gasteiger partial charge in [-0.15, -0.1) is 0 Å². The Hall–Kier alpha value is -1.71. The van der Waals surface area contributed by atoms with Gasteiger partial charge in [0.2, 0.25) is 5.95 Å². The van der Waals surface area contributed by atoms with Crippen molar-refractivity contribution in [2.75, 3.05) is 12.3 Å². The first-order chi connectivity index (χ1) is 10.3. The summed E-state index contributed by atoms with van der Waals surface area (Å²) in [5.74, 6) is 4.12. The number of nitrogen functional groups attached to an aromatic ring is 1. The van der Waals surface area contributed by atoms with Gasteiger partial charge in [0.25, 0.3) is 0 Å². The van der Waals surface area contributed by atoms with Gasteiger partial charge in [0.05, 0.1) is 12.1 Å². The summed E-state index contributed by atoms with van der Waals surface area (Å²) >= 11 is 0. The van der Waals surface area contributed by atoms with E-state index in [0.717, 1.165) is 41.1 Å². The van der Waals surface area contributed by atoms with Crippen molar-refractivity contribution in [3.05, 3.63) is 18.2 Å². The third-order valence-corrected chi connectivity index (χ3v) is 5.37. The molecule has 21 heavy (non-hydrogen) atoms. The van der Waals surface area contributed by atoms with Crippen LogP contribution in [0, 0.1) is 17.8 Å². The van der Waals surface area contributed by atoms with Crippen LogP contribution in [0.3, 0.4) is 0 Å². The molecule has 3 unspecified atom stereocenters. The fourth-order valence-corrected chi connectivity index (χ4v) is 4.44. The van der Waals surface area contributed by atoms with Crippen molar-refractivity contribution in [2.24, 2.45) is 17.8 Å². The molecule has 2 fully saturated rings. The van der Waals surface area contributed by atoms with Gasteiger partial charge in [-0.2, -0.15) is 0 Å². The second-order valence-corrected chi connectivity index (χ2v) is 6.57. The normalized spacial score (nSPS) is 27.6. The van der Waals surface area contributed by atoms with Crippen LogP contribution in [0.1, 0.15) is 32.6 Å². The van der Waals surface area contributed by atoms with Gasteiger partial charge in [0.15, 0.2) is 0 Å². The fourth-order valence-electron chi connectivity index (χ4n) is 4.44. The Kier molecular flexibility index (Phi) is 3.05. The molecule has 2 aromatic rings. The second kappa shape index (κ2) is 4.93. The Balaban J connectivity index is 1.68. The summed E-state index contributed by atoms with van der Waals surface area (Å²) < 4.78 is 7.87. The van der Waals surface area contributed by atoms with Crippen molar-refractivity contribution in [2.45, 2.75) is 39.2 Å². The molecule has 0 aliphatic heterocycles. The number of aromatic nitrogens is 2. The van der Waals surface area contributed by atoms with Crippen molar-refractivity contribution in [3.8, 4) is 5.75 Å². The number of hydrogen-bond acceptors (Lipinski definition) is 3. The van der Waals surface area contributed by atoms with E-state index in [-0.39, 0.29) is 0 Å². The van der Waals surface area contributed by atoms with Gasteiger partial charge < -0.3 is 15.0 Å². The molecule has 1 heterocycles. The highest BCUT2D eigenvalue weighted by Gasteiger charge is 2.39. The number of ether oxygens (including phenoxy) is 1. The zero-order chi connectivity index (χ0) is 14.4. The van der Waals surface area contributed by atoms with Gasteiger partial charge in [0.1, 0.15) is 11.3 Å². The molecule has 0 radical (unpaired) electrons. The van der Waals surface area contributed by atoms with E-state index in [4.69, 9.17) is 10.5 Å².